The molecule has 0 aliphatic heterocycles. The first-order chi connectivity index (χ1) is 13.5. The van der Waals surface area contributed by atoms with Crippen LogP contribution in [0.1, 0.15) is 5.56 Å². The molecule has 9 heteroatoms. The number of hydrogen-bond donors (Lipinski definition) is 2. The topological polar surface area (TPSA) is 114 Å². The number of nitrogen functional groups attached to an aromatic ring is 1. The van der Waals surface area contributed by atoms with Crippen LogP contribution in [0.5, 0.6) is 0 Å². The second-order valence-electron chi connectivity index (χ2n) is 5.97. The Kier molecular flexibility index (Phi) is 5.95. The van der Waals surface area contributed by atoms with Crippen molar-refractivity contribution >= 4 is 29.2 Å². The summed E-state index contributed by atoms with van der Waals surface area (Å²) in [5, 5.41) is 0.695. The van der Waals surface area contributed by atoms with Gasteiger partial charge in [0.25, 0.3) is 5.56 Å². The number of nitrogens with two attached hydrogens (primary N) is 1. The number of nitrogens with one attached hydrogen (secondary N) is 1. The van der Waals surface area contributed by atoms with E-state index in [4.69, 9.17) is 5.73 Å². The Labute approximate surface area is 165 Å². The minimum absolute atomic E-state index is 0.0536. The lowest BCUT2D eigenvalue weighted by molar-refractivity contribution is -0.115. The van der Waals surface area contributed by atoms with Gasteiger partial charge in [0.1, 0.15) is 5.82 Å². The fourth-order valence-electron chi connectivity index (χ4n) is 2.61. The van der Waals surface area contributed by atoms with E-state index in [0.717, 1.165) is 5.56 Å². The largest absolute Gasteiger partial charge is 0.383 e. The van der Waals surface area contributed by atoms with Crippen LogP contribution in [0, 0.1) is 0 Å². The summed E-state index contributed by atoms with van der Waals surface area (Å²) in [5.74, 6) is -0.321. The number of anilines is 2. The van der Waals surface area contributed by atoms with Crippen LogP contribution in [-0.2, 0) is 11.3 Å². The van der Waals surface area contributed by atoms with Crippen molar-refractivity contribution in [1.82, 2.24) is 14.5 Å². The van der Waals surface area contributed by atoms with Crippen molar-refractivity contribution in [2.45, 2.75) is 11.6 Å². The van der Waals surface area contributed by atoms with E-state index < -0.39 is 11.2 Å². The average molecular weight is 397 g/mol. The highest BCUT2D eigenvalue weighted by Crippen LogP contribution is 2.19. The molecule has 28 heavy (non-hydrogen) atoms. The van der Waals surface area contributed by atoms with Gasteiger partial charge < -0.3 is 10.6 Å². The van der Waals surface area contributed by atoms with Gasteiger partial charge in [0.05, 0.1) is 17.3 Å². The Morgan fingerprint density at radius 2 is 1.89 bits per heavy atom. The molecule has 0 fully saturated rings. The minimum Gasteiger partial charge on any atom is -0.383 e. The highest BCUT2D eigenvalue weighted by atomic mass is 32.2. The molecule has 0 saturated heterocycles. The Hall–Kier alpha value is -3.33. The van der Waals surface area contributed by atoms with Gasteiger partial charge in [-0.3, -0.25) is 19.1 Å². The molecule has 0 unspecified atom stereocenters. The van der Waals surface area contributed by atoms with Crippen LogP contribution < -0.4 is 21.9 Å². The van der Waals surface area contributed by atoms with Gasteiger partial charge in [0.15, 0.2) is 5.69 Å². The van der Waals surface area contributed by atoms with Crippen molar-refractivity contribution < 1.29 is 4.79 Å². The number of hydrogen-bond acceptors (Lipinski definition) is 6. The predicted octanol–water partition coefficient (Wildman–Crippen LogP) is 1.32. The average Bonchev–Trinajstić information content (AvgIpc) is 2.70. The third kappa shape index (κ3) is 4.32. The van der Waals surface area contributed by atoms with Crippen molar-refractivity contribution in [1.29, 1.82) is 0 Å². The number of aromatic nitrogens is 3. The maximum atomic E-state index is 12.6. The first-order valence-corrected chi connectivity index (χ1v) is 9.43. The monoisotopic (exact) mass is 397 g/mol. The third-order valence-corrected chi connectivity index (χ3v) is 5.02. The van der Waals surface area contributed by atoms with Crippen molar-refractivity contribution in [3.63, 3.8) is 0 Å². The Morgan fingerprint density at radius 1 is 1.18 bits per heavy atom. The third-order valence-electron chi connectivity index (χ3n) is 4.09. The summed E-state index contributed by atoms with van der Waals surface area (Å²) in [7, 11) is 1.46. The predicted molar refractivity (Wildman–Crippen MR) is 110 cm³/mol. The highest BCUT2D eigenvalue weighted by Gasteiger charge is 2.21. The molecule has 1 amide bonds. The number of amides is 1. The molecule has 0 spiro atoms. The molecule has 8 nitrogen and oxygen atoms in total. The molecule has 3 aromatic rings. The van der Waals surface area contributed by atoms with Crippen LogP contribution in [-0.4, -0.2) is 33.2 Å². The molecular weight excluding hydrogens is 378 g/mol. The smallest absolute Gasteiger partial charge is 0.330 e. The molecule has 0 saturated carbocycles. The van der Waals surface area contributed by atoms with Crippen LogP contribution in [0.4, 0.5) is 11.5 Å². The Morgan fingerprint density at radius 3 is 2.57 bits per heavy atom. The van der Waals surface area contributed by atoms with Gasteiger partial charge in [-0.2, -0.15) is 0 Å². The number of H-pyrrole nitrogens is 1. The zero-order chi connectivity index (χ0) is 20.1. The normalized spacial score (nSPS) is 10.6. The molecule has 0 aliphatic carbocycles. The van der Waals surface area contributed by atoms with Crippen molar-refractivity contribution in [2.75, 3.05) is 23.4 Å². The second-order valence-corrected chi connectivity index (χ2v) is 6.97. The van der Waals surface area contributed by atoms with Crippen LogP contribution in [0.2, 0.25) is 0 Å². The quantitative estimate of drug-likeness (QED) is 0.607. The Balaban J connectivity index is 1.86. The standard InChI is InChI=1S/C19H19N5O3S/c1-23(15(25)12-28-14-9-5-6-10-21-14)16-17(20)24(19(27)22-18(16)26)11-13-7-3-2-4-8-13/h2-10H,11-12,20H2,1H3,(H,22,26,27). The zero-order valence-corrected chi connectivity index (χ0v) is 16.0. The number of rotatable bonds is 6. The summed E-state index contributed by atoms with van der Waals surface area (Å²) in [5.41, 5.74) is 5.57. The van der Waals surface area contributed by atoms with E-state index in [9.17, 15) is 14.4 Å². The Bertz CT molecular complexity index is 1080. The van der Waals surface area contributed by atoms with E-state index in [1.165, 1.54) is 28.3 Å². The van der Waals surface area contributed by atoms with E-state index in [1.807, 2.05) is 36.4 Å². The van der Waals surface area contributed by atoms with Crippen LogP contribution in [0.25, 0.3) is 0 Å². The van der Waals surface area contributed by atoms with E-state index in [2.05, 4.69) is 9.97 Å². The van der Waals surface area contributed by atoms with Crippen LogP contribution in [0.15, 0.2) is 69.3 Å². The summed E-state index contributed by atoms with van der Waals surface area (Å²) in [4.78, 5) is 44.7. The van der Waals surface area contributed by atoms with Gasteiger partial charge in [0.2, 0.25) is 5.91 Å². The van der Waals surface area contributed by atoms with Gasteiger partial charge in [-0.05, 0) is 17.7 Å². The fourth-order valence-corrected chi connectivity index (χ4v) is 3.39. The van der Waals surface area contributed by atoms with Crippen LogP contribution >= 0.6 is 11.8 Å². The first kappa shape index (κ1) is 19.4. The maximum absolute atomic E-state index is 12.6. The number of nitrogens with zero attached hydrogens (tertiary/aromatic N) is 3. The molecule has 1 aromatic carbocycles. The summed E-state index contributed by atoms with van der Waals surface area (Å²) in [6.07, 6.45) is 1.64. The lowest BCUT2D eigenvalue weighted by Gasteiger charge is -2.20. The summed E-state index contributed by atoms with van der Waals surface area (Å²) >= 11 is 1.25. The summed E-state index contributed by atoms with van der Waals surface area (Å²) < 4.78 is 1.24. The first-order valence-electron chi connectivity index (χ1n) is 8.44. The fraction of sp³-hybridized carbons (Fsp3) is 0.158. The van der Waals surface area contributed by atoms with Gasteiger partial charge in [0, 0.05) is 13.2 Å². The molecule has 3 rings (SSSR count). The number of benzene rings is 1. The highest BCUT2D eigenvalue weighted by molar-refractivity contribution is 7.99. The van der Waals surface area contributed by atoms with Gasteiger partial charge in [-0.15, -0.1) is 0 Å². The molecule has 0 atom stereocenters. The molecule has 0 bridgehead atoms. The van der Waals surface area contributed by atoms with Crippen molar-refractivity contribution in [2.24, 2.45) is 0 Å². The number of aromatic amines is 1. The van der Waals surface area contributed by atoms with Crippen LogP contribution in [0.3, 0.4) is 0 Å². The van der Waals surface area contributed by atoms with Gasteiger partial charge in [-0.25, -0.2) is 9.78 Å². The van der Waals surface area contributed by atoms with Gasteiger partial charge >= 0.3 is 5.69 Å². The molecule has 2 aromatic heterocycles. The van der Waals surface area contributed by atoms with Gasteiger partial charge in [-0.1, -0.05) is 48.2 Å². The number of thioether (sulfide) groups is 1. The number of pyridine rings is 1. The molecule has 144 valence electrons. The van der Waals surface area contributed by atoms with E-state index in [-0.39, 0.29) is 29.7 Å². The lowest BCUT2D eigenvalue weighted by Crippen LogP contribution is -2.40. The zero-order valence-electron chi connectivity index (χ0n) is 15.2. The molecule has 2 heterocycles. The second kappa shape index (κ2) is 8.57. The van der Waals surface area contributed by atoms with E-state index >= 15 is 0 Å². The minimum atomic E-state index is -0.703. The van der Waals surface area contributed by atoms with E-state index in [0.29, 0.717) is 5.03 Å². The molecule has 3 N–H and O–H groups in total. The van der Waals surface area contributed by atoms with Crippen molar-refractivity contribution in [3.8, 4) is 0 Å². The molecular formula is C19H19N5O3S. The summed E-state index contributed by atoms with van der Waals surface area (Å²) in [6, 6.07) is 14.6. The molecule has 0 aliphatic rings. The maximum Gasteiger partial charge on any atom is 0.330 e. The van der Waals surface area contributed by atoms with E-state index in [1.54, 1.807) is 18.3 Å². The number of carbonyl (C=O) groups is 1. The van der Waals surface area contributed by atoms with Crippen molar-refractivity contribution in [3.05, 3.63) is 81.1 Å². The molecule has 0 radical (unpaired) electrons. The lowest BCUT2D eigenvalue weighted by atomic mass is 10.2. The SMILES string of the molecule is CN(C(=O)CSc1ccccn1)c1c(N)n(Cc2ccccc2)c(=O)[nH]c1=O. The summed E-state index contributed by atoms with van der Waals surface area (Å²) in [6.45, 7) is 0.181. The number of carbonyl (C=O) groups excluding carboxylic acids is 1.